The van der Waals surface area contributed by atoms with E-state index in [0.29, 0.717) is 29.3 Å². The Hall–Kier alpha value is -2.04. The number of imidazole rings is 1. The summed E-state index contributed by atoms with van der Waals surface area (Å²) in [6.07, 6.45) is 2.93. The van der Waals surface area contributed by atoms with Crippen molar-refractivity contribution in [3.05, 3.63) is 30.1 Å². The summed E-state index contributed by atoms with van der Waals surface area (Å²) in [7, 11) is 0. The summed E-state index contributed by atoms with van der Waals surface area (Å²) in [4.78, 5) is 18.5. The van der Waals surface area contributed by atoms with Crippen molar-refractivity contribution in [2.45, 2.75) is 33.2 Å². The van der Waals surface area contributed by atoms with Gasteiger partial charge in [-0.1, -0.05) is 19.9 Å². The highest BCUT2D eigenvalue weighted by atomic mass is 16.4. The van der Waals surface area contributed by atoms with Crippen molar-refractivity contribution in [3.8, 4) is 0 Å². The molecule has 3 atom stereocenters. The van der Waals surface area contributed by atoms with Gasteiger partial charge in [-0.15, -0.1) is 0 Å². The Morgan fingerprint density at radius 2 is 2.10 bits per heavy atom. The number of carbonyl (C=O) groups is 1. The van der Waals surface area contributed by atoms with Crippen LogP contribution in [-0.2, 0) is 0 Å². The van der Waals surface area contributed by atoms with Crippen LogP contribution in [-0.4, -0.2) is 33.0 Å². The average Bonchev–Trinajstić information content (AvgIpc) is 2.82. The third-order valence-electron chi connectivity index (χ3n) is 4.58. The lowest BCUT2D eigenvalue weighted by Gasteiger charge is -2.41. The van der Waals surface area contributed by atoms with Crippen molar-refractivity contribution in [1.29, 1.82) is 0 Å². The highest BCUT2D eigenvalue weighted by molar-refractivity contribution is 5.93. The van der Waals surface area contributed by atoms with Crippen LogP contribution >= 0.6 is 0 Å². The summed E-state index contributed by atoms with van der Waals surface area (Å²) in [5.41, 5.74) is 0.946. The molecule has 0 aromatic carbocycles. The first-order chi connectivity index (χ1) is 9.99. The molecule has 3 heterocycles. The Morgan fingerprint density at radius 1 is 1.33 bits per heavy atom. The van der Waals surface area contributed by atoms with Crippen LogP contribution in [0.5, 0.6) is 0 Å². The Morgan fingerprint density at radius 3 is 2.81 bits per heavy atom. The normalized spacial score (nSPS) is 26.2. The van der Waals surface area contributed by atoms with E-state index in [9.17, 15) is 9.90 Å². The molecule has 0 spiro atoms. The van der Waals surface area contributed by atoms with Crippen LogP contribution in [0.3, 0.4) is 0 Å². The molecule has 0 amide bonds. The minimum absolute atomic E-state index is 0.263. The molecule has 21 heavy (non-hydrogen) atoms. The van der Waals surface area contributed by atoms with E-state index in [1.54, 1.807) is 10.6 Å². The summed E-state index contributed by atoms with van der Waals surface area (Å²) in [5.74, 6) is 0.740. The number of anilines is 1. The lowest BCUT2D eigenvalue weighted by atomic mass is 9.86. The number of aromatic carboxylic acids is 1. The number of aromatic nitrogens is 2. The fraction of sp³-hybridized carbons (Fsp3) is 0.500. The van der Waals surface area contributed by atoms with Crippen molar-refractivity contribution < 1.29 is 9.90 Å². The Labute approximate surface area is 124 Å². The Balaban J connectivity index is 2.15. The summed E-state index contributed by atoms with van der Waals surface area (Å²) < 4.78 is 1.66. The molecule has 1 aliphatic heterocycles. The van der Waals surface area contributed by atoms with E-state index in [-0.39, 0.29) is 5.69 Å². The molecule has 3 unspecified atom stereocenters. The lowest BCUT2D eigenvalue weighted by molar-refractivity contribution is 0.0689. The van der Waals surface area contributed by atoms with Crippen LogP contribution in [0.25, 0.3) is 5.65 Å². The number of pyridine rings is 1. The molecule has 1 N–H and O–H groups in total. The fourth-order valence-corrected chi connectivity index (χ4v) is 3.38. The van der Waals surface area contributed by atoms with Gasteiger partial charge >= 0.3 is 5.97 Å². The number of carboxylic acids is 1. The summed E-state index contributed by atoms with van der Waals surface area (Å²) in [6.45, 7) is 7.46. The first-order valence-corrected chi connectivity index (χ1v) is 7.46. The van der Waals surface area contributed by atoms with Gasteiger partial charge in [0.1, 0.15) is 5.65 Å². The Bertz CT molecular complexity index is 679. The number of hydrogen-bond donors (Lipinski definition) is 1. The number of piperidine rings is 1. The highest BCUT2D eigenvalue weighted by Gasteiger charge is 2.33. The molecule has 1 fully saturated rings. The predicted molar refractivity (Wildman–Crippen MR) is 81.9 cm³/mol. The smallest absolute Gasteiger partial charge is 0.356 e. The number of fused-ring (bicyclic) bond motifs is 1. The molecule has 3 rings (SSSR count). The second-order valence-corrected chi connectivity index (χ2v) is 6.23. The van der Waals surface area contributed by atoms with Gasteiger partial charge in [-0.05, 0) is 37.3 Å². The zero-order valence-corrected chi connectivity index (χ0v) is 12.7. The van der Waals surface area contributed by atoms with Crippen LogP contribution in [0.2, 0.25) is 0 Å². The molecule has 1 saturated heterocycles. The predicted octanol–water partition coefficient (Wildman–Crippen LogP) is 2.90. The number of rotatable bonds is 2. The van der Waals surface area contributed by atoms with E-state index < -0.39 is 5.97 Å². The molecule has 0 bridgehead atoms. The van der Waals surface area contributed by atoms with E-state index in [1.165, 1.54) is 6.42 Å². The molecule has 0 saturated carbocycles. The summed E-state index contributed by atoms with van der Waals surface area (Å²) in [5, 5.41) is 9.61. The van der Waals surface area contributed by atoms with Gasteiger partial charge in [0.25, 0.3) is 0 Å². The van der Waals surface area contributed by atoms with Gasteiger partial charge in [0.05, 0.1) is 0 Å². The Kier molecular flexibility index (Phi) is 3.35. The molecule has 0 aliphatic carbocycles. The van der Waals surface area contributed by atoms with Crippen molar-refractivity contribution in [2.24, 2.45) is 11.8 Å². The number of carboxylic acid groups (broad SMARTS) is 1. The average molecular weight is 287 g/mol. The van der Waals surface area contributed by atoms with Crippen molar-refractivity contribution in [1.82, 2.24) is 9.38 Å². The fourth-order valence-electron chi connectivity index (χ4n) is 3.38. The van der Waals surface area contributed by atoms with Gasteiger partial charge in [0, 0.05) is 18.8 Å². The summed E-state index contributed by atoms with van der Waals surface area (Å²) >= 11 is 0. The van der Waals surface area contributed by atoms with Crippen molar-refractivity contribution in [3.63, 3.8) is 0 Å². The third-order valence-corrected chi connectivity index (χ3v) is 4.58. The second-order valence-electron chi connectivity index (χ2n) is 6.23. The highest BCUT2D eigenvalue weighted by Crippen LogP contribution is 2.33. The van der Waals surface area contributed by atoms with E-state index in [1.807, 2.05) is 18.2 Å². The third kappa shape index (κ3) is 2.26. The number of hydrogen-bond acceptors (Lipinski definition) is 3. The van der Waals surface area contributed by atoms with E-state index >= 15 is 0 Å². The molecule has 2 aromatic heterocycles. The second kappa shape index (κ2) is 5.06. The van der Waals surface area contributed by atoms with E-state index in [4.69, 9.17) is 0 Å². The van der Waals surface area contributed by atoms with Crippen LogP contribution in [0, 0.1) is 11.8 Å². The molecule has 0 radical (unpaired) electrons. The maximum Gasteiger partial charge on any atom is 0.356 e. The van der Waals surface area contributed by atoms with E-state index in [0.717, 1.165) is 6.54 Å². The molecular weight excluding hydrogens is 266 g/mol. The maximum absolute atomic E-state index is 11.7. The van der Waals surface area contributed by atoms with E-state index in [2.05, 4.69) is 30.7 Å². The lowest BCUT2D eigenvalue weighted by Crippen LogP contribution is -2.46. The van der Waals surface area contributed by atoms with Gasteiger partial charge in [-0.2, -0.15) is 0 Å². The monoisotopic (exact) mass is 287 g/mol. The molecule has 5 heteroatoms. The zero-order valence-electron chi connectivity index (χ0n) is 12.7. The topological polar surface area (TPSA) is 57.8 Å². The SMILES string of the molecule is CC1CC(C)C(C)N(c2nc3ccccn3c2C(=O)O)C1. The number of nitrogens with zero attached hydrogens (tertiary/aromatic N) is 3. The largest absolute Gasteiger partial charge is 0.476 e. The maximum atomic E-state index is 11.7. The van der Waals surface area contributed by atoms with Gasteiger partial charge in [-0.3, -0.25) is 4.40 Å². The van der Waals surface area contributed by atoms with Gasteiger partial charge < -0.3 is 10.0 Å². The van der Waals surface area contributed by atoms with Gasteiger partial charge in [-0.25, -0.2) is 9.78 Å². The van der Waals surface area contributed by atoms with Crippen molar-refractivity contribution in [2.75, 3.05) is 11.4 Å². The van der Waals surface area contributed by atoms with Crippen LogP contribution in [0.1, 0.15) is 37.7 Å². The molecule has 2 aromatic rings. The molecule has 1 aliphatic rings. The molecular formula is C16H21N3O2. The van der Waals surface area contributed by atoms with Crippen LogP contribution in [0.15, 0.2) is 24.4 Å². The van der Waals surface area contributed by atoms with Gasteiger partial charge in [0.2, 0.25) is 0 Å². The standard InChI is InChI=1S/C16H21N3O2/c1-10-8-11(2)12(3)19(9-10)15-14(16(20)21)18-7-5-4-6-13(18)17-15/h4-7,10-12H,8-9H2,1-3H3,(H,20,21). The molecule has 5 nitrogen and oxygen atoms in total. The molecule has 112 valence electrons. The van der Waals surface area contributed by atoms with Crippen LogP contribution in [0.4, 0.5) is 5.82 Å². The minimum atomic E-state index is -0.929. The quantitative estimate of drug-likeness (QED) is 0.922. The first kappa shape index (κ1) is 13.9. The zero-order chi connectivity index (χ0) is 15.1. The van der Waals surface area contributed by atoms with Crippen molar-refractivity contribution >= 4 is 17.4 Å². The minimum Gasteiger partial charge on any atom is -0.476 e. The summed E-state index contributed by atoms with van der Waals surface area (Å²) in [6, 6.07) is 5.85. The van der Waals surface area contributed by atoms with Crippen LogP contribution < -0.4 is 4.90 Å². The first-order valence-electron chi connectivity index (χ1n) is 7.46. The van der Waals surface area contributed by atoms with Gasteiger partial charge in [0.15, 0.2) is 11.5 Å².